The predicted octanol–water partition coefficient (Wildman–Crippen LogP) is 2.92. The van der Waals surface area contributed by atoms with Gasteiger partial charge in [0.2, 0.25) is 5.56 Å². The van der Waals surface area contributed by atoms with Crippen molar-refractivity contribution in [3.8, 4) is 5.75 Å². The number of hydrogen-bond acceptors (Lipinski definition) is 3. The van der Waals surface area contributed by atoms with Gasteiger partial charge in [0.1, 0.15) is 5.75 Å². The van der Waals surface area contributed by atoms with Gasteiger partial charge in [0.05, 0.1) is 6.61 Å². The van der Waals surface area contributed by atoms with E-state index < -0.39 is 0 Å². The van der Waals surface area contributed by atoms with Crippen LogP contribution in [0.3, 0.4) is 0 Å². The number of nitrogens with zero attached hydrogens (tertiary/aromatic N) is 1. The third-order valence-corrected chi connectivity index (χ3v) is 4.60. The number of aryl methyl sites for hydroxylation is 2. The fourth-order valence-electron chi connectivity index (χ4n) is 3.30. The molecule has 1 fully saturated rings. The maximum atomic E-state index is 12.7. The maximum absolute atomic E-state index is 12.7. The van der Waals surface area contributed by atoms with Crippen LogP contribution >= 0.6 is 0 Å². The Hall–Kier alpha value is -2.56. The van der Waals surface area contributed by atoms with Crippen LogP contribution in [0.15, 0.2) is 41.2 Å². The lowest BCUT2D eigenvalue weighted by Crippen LogP contribution is -2.41. The first-order chi connectivity index (χ1) is 12.0. The summed E-state index contributed by atoms with van der Waals surface area (Å²) >= 11 is 0. The van der Waals surface area contributed by atoms with Crippen LogP contribution in [0, 0.1) is 19.8 Å². The molecule has 1 aromatic heterocycles. The first-order valence-corrected chi connectivity index (χ1v) is 8.71. The highest BCUT2D eigenvalue weighted by Crippen LogP contribution is 2.22. The maximum Gasteiger partial charge on any atom is 0.254 e. The van der Waals surface area contributed by atoms with Crippen LogP contribution in [-0.2, 0) is 0 Å². The SMILES string of the molecule is Cc1cc(C(=O)N2CCC[C@H](COc3ccccc3C)C2)cc(=O)[nH]1. The lowest BCUT2D eigenvalue weighted by atomic mass is 9.98. The number of para-hydroxylation sites is 1. The number of aromatic nitrogens is 1. The van der Waals surface area contributed by atoms with Crippen LogP contribution < -0.4 is 10.3 Å². The number of aromatic amines is 1. The van der Waals surface area contributed by atoms with Gasteiger partial charge in [-0.3, -0.25) is 9.59 Å². The predicted molar refractivity (Wildman–Crippen MR) is 97.1 cm³/mol. The number of carbonyl (C=O) groups is 1. The van der Waals surface area contributed by atoms with Gasteiger partial charge < -0.3 is 14.6 Å². The van der Waals surface area contributed by atoms with Gasteiger partial charge in [-0.25, -0.2) is 0 Å². The van der Waals surface area contributed by atoms with Gasteiger partial charge in [-0.1, -0.05) is 18.2 Å². The molecule has 2 aromatic rings. The summed E-state index contributed by atoms with van der Waals surface area (Å²) < 4.78 is 5.96. The van der Waals surface area contributed by atoms with E-state index >= 15 is 0 Å². The summed E-state index contributed by atoms with van der Waals surface area (Å²) in [5.41, 5.74) is 2.04. The standard InChI is InChI=1S/C20H24N2O3/c1-14-6-3-4-8-18(14)25-13-16-7-5-9-22(12-16)20(24)17-10-15(2)21-19(23)11-17/h3-4,6,8,10-11,16H,5,7,9,12-13H2,1-2H3,(H,21,23)/t16-/m0/s1. The van der Waals surface area contributed by atoms with E-state index in [1.165, 1.54) is 6.07 Å². The van der Waals surface area contributed by atoms with E-state index in [0.717, 1.165) is 30.7 Å². The lowest BCUT2D eigenvalue weighted by molar-refractivity contribution is 0.0632. The fraction of sp³-hybridized carbons (Fsp3) is 0.400. The highest BCUT2D eigenvalue weighted by atomic mass is 16.5. The van der Waals surface area contributed by atoms with Gasteiger partial charge in [-0.15, -0.1) is 0 Å². The first kappa shape index (κ1) is 17.3. The van der Waals surface area contributed by atoms with Gasteiger partial charge in [-0.05, 0) is 44.4 Å². The molecule has 5 nitrogen and oxygen atoms in total. The molecule has 0 radical (unpaired) electrons. The third kappa shape index (κ3) is 4.29. The smallest absolute Gasteiger partial charge is 0.254 e. The van der Waals surface area contributed by atoms with E-state index in [4.69, 9.17) is 4.74 Å². The van der Waals surface area contributed by atoms with Crippen LogP contribution in [0.25, 0.3) is 0 Å². The molecular weight excluding hydrogens is 316 g/mol. The summed E-state index contributed by atoms with van der Waals surface area (Å²) in [6, 6.07) is 11.1. The highest BCUT2D eigenvalue weighted by molar-refractivity contribution is 5.94. The minimum atomic E-state index is -0.236. The minimum Gasteiger partial charge on any atom is -0.493 e. The van der Waals surface area contributed by atoms with Crippen molar-refractivity contribution in [3.63, 3.8) is 0 Å². The quantitative estimate of drug-likeness (QED) is 0.931. The molecule has 1 aliphatic heterocycles. The summed E-state index contributed by atoms with van der Waals surface area (Å²) in [6.45, 7) is 5.81. The second kappa shape index (κ2) is 7.55. The number of nitrogens with one attached hydrogen (secondary N) is 1. The van der Waals surface area contributed by atoms with E-state index in [0.29, 0.717) is 30.3 Å². The second-order valence-corrected chi connectivity index (χ2v) is 6.75. The minimum absolute atomic E-state index is 0.0743. The largest absolute Gasteiger partial charge is 0.493 e. The number of carbonyl (C=O) groups excluding carboxylic acids is 1. The zero-order chi connectivity index (χ0) is 17.8. The van der Waals surface area contributed by atoms with Crippen LogP contribution in [0.4, 0.5) is 0 Å². The van der Waals surface area contributed by atoms with E-state index in [-0.39, 0.29) is 11.5 Å². The molecule has 0 bridgehead atoms. The molecule has 1 aliphatic rings. The van der Waals surface area contributed by atoms with E-state index in [2.05, 4.69) is 4.98 Å². The van der Waals surface area contributed by atoms with Crippen molar-refractivity contribution in [2.24, 2.45) is 5.92 Å². The zero-order valence-corrected chi connectivity index (χ0v) is 14.7. The monoisotopic (exact) mass is 340 g/mol. The number of benzene rings is 1. The molecule has 3 rings (SSSR count). The second-order valence-electron chi connectivity index (χ2n) is 6.75. The first-order valence-electron chi connectivity index (χ1n) is 8.71. The fourth-order valence-corrected chi connectivity index (χ4v) is 3.30. The number of rotatable bonds is 4. The number of amides is 1. The Bertz CT molecular complexity index is 813. The summed E-state index contributed by atoms with van der Waals surface area (Å²) in [7, 11) is 0. The Balaban J connectivity index is 1.63. The molecule has 0 aliphatic carbocycles. The van der Waals surface area contributed by atoms with Crippen molar-refractivity contribution in [3.05, 3.63) is 63.6 Å². The lowest BCUT2D eigenvalue weighted by Gasteiger charge is -2.32. The molecular formula is C20H24N2O3. The van der Waals surface area contributed by atoms with Crippen molar-refractivity contribution >= 4 is 5.91 Å². The van der Waals surface area contributed by atoms with Crippen molar-refractivity contribution in [1.82, 2.24) is 9.88 Å². The number of hydrogen-bond donors (Lipinski definition) is 1. The highest BCUT2D eigenvalue weighted by Gasteiger charge is 2.25. The van der Waals surface area contributed by atoms with Gasteiger partial charge in [0, 0.05) is 36.3 Å². The topological polar surface area (TPSA) is 62.4 Å². The summed E-state index contributed by atoms with van der Waals surface area (Å²) in [6.07, 6.45) is 2.00. The average Bonchev–Trinajstić information content (AvgIpc) is 2.60. The number of piperidine rings is 1. The number of likely N-dealkylation sites (tertiary alicyclic amines) is 1. The van der Waals surface area contributed by atoms with Crippen molar-refractivity contribution in [2.75, 3.05) is 19.7 Å². The summed E-state index contributed by atoms with van der Waals surface area (Å²) in [5, 5.41) is 0. The molecule has 1 N–H and O–H groups in total. The zero-order valence-electron chi connectivity index (χ0n) is 14.7. The van der Waals surface area contributed by atoms with Gasteiger partial charge in [-0.2, -0.15) is 0 Å². The molecule has 0 spiro atoms. The summed E-state index contributed by atoms with van der Waals surface area (Å²) in [4.78, 5) is 28.8. The molecule has 1 saturated heterocycles. The molecule has 1 amide bonds. The Morgan fingerprint density at radius 2 is 2.08 bits per heavy atom. The normalized spacial score (nSPS) is 17.4. The van der Waals surface area contributed by atoms with Crippen molar-refractivity contribution in [2.45, 2.75) is 26.7 Å². The van der Waals surface area contributed by atoms with Gasteiger partial charge >= 0.3 is 0 Å². The molecule has 0 unspecified atom stereocenters. The molecule has 25 heavy (non-hydrogen) atoms. The van der Waals surface area contributed by atoms with E-state index in [1.807, 2.05) is 36.1 Å². The Kier molecular flexibility index (Phi) is 5.22. The molecule has 132 valence electrons. The Morgan fingerprint density at radius 1 is 1.28 bits per heavy atom. The Labute approximate surface area is 147 Å². The Morgan fingerprint density at radius 3 is 2.84 bits per heavy atom. The summed E-state index contributed by atoms with van der Waals surface area (Å²) in [5.74, 6) is 1.13. The molecule has 2 heterocycles. The molecule has 1 atom stereocenters. The van der Waals surface area contributed by atoms with Gasteiger partial charge in [0.25, 0.3) is 5.91 Å². The van der Waals surface area contributed by atoms with Crippen LogP contribution in [0.5, 0.6) is 5.75 Å². The average molecular weight is 340 g/mol. The van der Waals surface area contributed by atoms with Gasteiger partial charge in [0.15, 0.2) is 0 Å². The van der Waals surface area contributed by atoms with Crippen molar-refractivity contribution < 1.29 is 9.53 Å². The van der Waals surface area contributed by atoms with E-state index in [9.17, 15) is 9.59 Å². The number of H-pyrrole nitrogens is 1. The molecule has 5 heteroatoms. The van der Waals surface area contributed by atoms with Crippen LogP contribution in [0.2, 0.25) is 0 Å². The third-order valence-electron chi connectivity index (χ3n) is 4.60. The van der Waals surface area contributed by atoms with E-state index in [1.54, 1.807) is 13.0 Å². The molecule has 1 aromatic carbocycles. The van der Waals surface area contributed by atoms with Crippen LogP contribution in [0.1, 0.15) is 34.5 Å². The van der Waals surface area contributed by atoms with Crippen LogP contribution in [-0.4, -0.2) is 35.5 Å². The number of ether oxygens (including phenoxy) is 1. The molecule has 0 saturated carbocycles. The number of pyridine rings is 1. The van der Waals surface area contributed by atoms with Crippen molar-refractivity contribution in [1.29, 1.82) is 0 Å².